The number of nitrogens with zero attached hydrogens (tertiary/aromatic N) is 1. The van der Waals surface area contributed by atoms with Crippen molar-refractivity contribution >= 4 is 15.9 Å². The number of rotatable bonds is 6. The van der Waals surface area contributed by atoms with Gasteiger partial charge in [0.05, 0.1) is 17.4 Å². The van der Waals surface area contributed by atoms with Gasteiger partial charge in [-0.05, 0) is 56.9 Å². The molecule has 1 aliphatic carbocycles. The molecule has 1 N–H and O–H groups in total. The molecule has 1 saturated carbocycles. The summed E-state index contributed by atoms with van der Waals surface area (Å²) in [6.45, 7) is 3.14. The first-order valence-corrected chi connectivity index (χ1v) is 9.98. The molecule has 3 rings (SSSR count). The van der Waals surface area contributed by atoms with E-state index in [1.807, 2.05) is 6.92 Å². The number of hydrogen-bond donors (Lipinski definition) is 1. The molecule has 2 fully saturated rings. The highest BCUT2D eigenvalue weighted by atomic mass is 32.2. The van der Waals surface area contributed by atoms with Crippen LogP contribution in [0.4, 0.5) is 0 Å². The highest BCUT2D eigenvalue weighted by molar-refractivity contribution is 7.89. The molecule has 0 bridgehead atoms. The largest absolute Gasteiger partial charge is 0.494 e. The van der Waals surface area contributed by atoms with Gasteiger partial charge in [-0.3, -0.25) is 4.79 Å². The summed E-state index contributed by atoms with van der Waals surface area (Å²) in [5.74, 6) is 0.387. The molecule has 1 amide bonds. The van der Waals surface area contributed by atoms with Crippen molar-refractivity contribution in [3.8, 4) is 5.75 Å². The van der Waals surface area contributed by atoms with E-state index in [4.69, 9.17) is 4.74 Å². The maximum absolute atomic E-state index is 12.8. The number of amides is 1. The Labute approximate surface area is 143 Å². The zero-order valence-electron chi connectivity index (χ0n) is 13.9. The Morgan fingerprint density at radius 2 is 1.96 bits per heavy atom. The topological polar surface area (TPSA) is 75.7 Å². The minimum absolute atomic E-state index is 0.0101. The molecule has 0 radical (unpaired) electrons. The lowest BCUT2D eigenvalue weighted by molar-refractivity contribution is -0.126. The third kappa shape index (κ3) is 3.89. The van der Waals surface area contributed by atoms with Crippen molar-refractivity contribution in [2.24, 2.45) is 5.92 Å². The van der Waals surface area contributed by atoms with Crippen molar-refractivity contribution in [1.29, 1.82) is 0 Å². The smallest absolute Gasteiger partial charge is 0.243 e. The number of ether oxygens (including phenoxy) is 1. The fourth-order valence-corrected chi connectivity index (χ4v) is 4.47. The molecule has 7 heteroatoms. The van der Waals surface area contributed by atoms with E-state index in [9.17, 15) is 13.2 Å². The van der Waals surface area contributed by atoms with E-state index in [-0.39, 0.29) is 23.3 Å². The molecule has 1 aromatic carbocycles. The molecule has 1 aromatic rings. The standard InChI is InChI=1S/C17H24N2O4S/c1-2-23-15-7-9-16(10-8-15)24(21,22)19-11-3-4-13(12-19)17(20)18-14-5-6-14/h7-10,13-14H,2-6,11-12H2,1H3,(H,18,20). The van der Waals surface area contributed by atoms with Crippen LogP contribution in [-0.2, 0) is 14.8 Å². The molecule has 0 spiro atoms. The second kappa shape index (κ2) is 7.11. The van der Waals surface area contributed by atoms with Crippen LogP contribution in [0.1, 0.15) is 32.6 Å². The Kier molecular flexibility index (Phi) is 5.10. The second-order valence-electron chi connectivity index (χ2n) is 6.39. The lowest BCUT2D eigenvalue weighted by Gasteiger charge is -2.31. The van der Waals surface area contributed by atoms with Gasteiger partial charge in [0.15, 0.2) is 0 Å². The van der Waals surface area contributed by atoms with E-state index >= 15 is 0 Å². The first-order chi connectivity index (χ1) is 11.5. The van der Waals surface area contributed by atoms with Gasteiger partial charge in [0.25, 0.3) is 0 Å². The number of piperidine rings is 1. The summed E-state index contributed by atoms with van der Waals surface area (Å²) in [7, 11) is -3.58. The number of sulfonamides is 1. The van der Waals surface area contributed by atoms with E-state index in [0.717, 1.165) is 19.3 Å². The first kappa shape index (κ1) is 17.2. The quantitative estimate of drug-likeness (QED) is 0.846. The first-order valence-electron chi connectivity index (χ1n) is 8.54. The Morgan fingerprint density at radius 3 is 2.58 bits per heavy atom. The van der Waals surface area contributed by atoms with Gasteiger partial charge in [-0.2, -0.15) is 4.31 Å². The van der Waals surface area contributed by atoms with E-state index in [1.54, 1.807) is 24.3 Å². The molecule has 132 valence electrons. The summed E-state index contributed by atoms with van der Waals surface area (Å²) in [6, 6.07) is 6.76. The number of carbonyl (C=O) groups excluding carboxylic acids is 1. The lowest BCUT2D eigenvalue weighted by Crippen LogP contribution is -2.45. The van der Waals surface area contributed by atoms with Crippen molar-refractivity contribution in [2.75, 3.05) is 19.7 Å². The second-order valence-corrected chi connectivity index (χ2v) is 8.33. The molecular weight excluding hydrogens is 328 g/mol. The lowest BCUT2D eigenvalue weighted by atomic mass is 9.99. The van der Waals surface area contributed by atoms with Gasteiger partial charge in [-0.1, -0.05) is 0 Å². The van der Waals surface area contributed by atoms with E-state index in [1.165, 1.54) is 4.31 Å². The predicted octanol–water partition coefficient (Wildman–Crippen LogP) is 1.76. The van der Waals surface area contributed by atoms with Crippen molar-refractivity contribution in [3.63, 3.8) is 0 Å². The molecule has 1 saturated heterocycles. The van der Waals surface area contributed by atoms with E-state index in [2.05, 4.69) is 5.32 Å². The van der Waals surface area contributed by atoms with Crippen LogP contribution < -0.4 is 10.1 Å². The van der Waals surface area contributed by atoms with Gasteiger partial charge in [0.1, 0.15) is 5.75 Å². The summed E-state index contributed by atoms with van der Waals surface area (Å²) in [6.07, 6.45) is 3.52. The number of carbonyl (C=O) groups is 1. The molecule has 1 atom stereocenters. The fourth-order valence-electron chi connectivity index (χ4n) is 2.95. The van der Waals surface area contributed by atoms with Crippen LogP contribution in [0.2, 0.25) is 0 Å². The van der Waals surface area contributed by atoms with Gasteiger partial charge >= 0.3 is 0 Å². The average molecular weight is 352 g/mol. The molecule has 1 heterocycles. The average Bonchev–Trinajstić information content (AvgIpc) is 3.40. The third-order valence-electron chi connectivity index (χ3n) is 4.45. The molecule has 1 unspecified atom stereocenters. The minimum atomic E-state index is -3.58. The summed E-state index contributed by atoms with van der Waals surface area (Å²) in [4.78, 5) is 12.5. The van der Waals surface area contributed by atoms with Crippen LogP contribution in [0.3, 0.4) is 0 Å². The number of benzene rings is 1. The molecule has 6 nitrogen and oxygen atoms in total. The Balaban J connectivity index is 1.69. The minimum Gasteiger partial charge on any atom is -0.494 e. The predicted molar refractivity (Wildman–Crippen MR) is 90.3 cm³/mol. The van der Waals surface area contributed by atoms with Crippen LogP contribution in [-0.4, -0.2) is 44.4 Å². The summed E-state index contributed by atoms with van der Waals surface area (Å²) < 4.78 is 32.4. The van der Waals surface area contributed by atoms with Gasteiger partial charge in [0.2, 0.25) is 15.9 Å². The van der Waals surface area contributed by atoms with Crippen LogP contribution in [0.5, 0.6) is 5.75 Å². The van der Waals surface area contributed by atoms with Gasteiger partial charge in [0, 0.05) is 19.1 Å². The SMILES string of the molecule is CCOc1ccc(S(=O)(=O)N2CCCC(C(=O)NC3CC3)C2)cc1. The van der Waals surface area contributed by atoms with E-state index < -0.39 is 10.0 Å². The highest BCUT2D eigenvalue weighted by Gasteiger charge is 2.35. The molecule has 2 aliphatic rings. The Bertz CT molecular complexity index is 683. The third-order valence-corrected chi connectivity index (χ3v) is 6.33. The zero-order valence-corrected chi connectivity index (χ0v) is 14.7. The van der Waals surface area contributed by atoms with Crippen LogP contribution >= 0.6 is 0 Å². The Hall–Kier alpha value is -1.60. The van der Waals surface area contributed by atoms with Gasteiger partial charge < -0.3 is 10.1 Å². The normalized spacial score (nSPS) is 22.1. The van der Waals surface area contributed by atoms with Crippen molar-refractivity contribution in [2.45, 2.75) is 43.5 Å². The van der Waals surface area contributed by atoms with Crippen molar-refractivity contribution in [1.82, 2.24) is 9.62 Å². The van der Waals surface area contributed by atoms with Crippen molar-refractivity contribution < 1.29 is 17.9 Å². The summed E-state index contributed by atoms with van der Waals surface area (Å²) >= 11 is 0. The fraction of sp³-hybridized carbons (Fsp3) is 0.588. The van der Waals surface area contributed by atoms with Crippen LogP contribution in [0.15, 0.2) is 29.2 Å². The van der Waals surface area contributed by atoms with Gasteiger partial charge in [-0.15, -0.1) is 0 Å². The molecule has 24 heavy (non-hydrogen) atoms. The van der Waals surface area contributed by atoms with Crippen LogP contribution in [0.25, 0.3) is 0 Å². The van der Waals surface area contributed by atoms with Crippen LogP contribution in [0, 0.1) is 5.92 Å². The van der Waals surface area contributed by atoms with Gasteiger partial charge in [-0.25, -0.2) is 8.42 Å². The zero-order chi connectivity index (χ0) is 17.2. The molecular formula is C17H24N2O4S. The molecule has 1 aliphatic heterocycles. The number of nitrogens with one attached hydrogen (secondary N) is 1. The van der Waals surface area contributed by atoms with Crippen molar-refractivity contribution in [3.05, 3.63) is 24.3 Å². The Morgan fingerprint density at radius 1 is 1.25 bits per heavy atom. The molecule has 0 aromatic heterocycles. The number of hydrogen-bond acceptors (Lipinski definition) is 4. The highest BCUT2D eigenvalue weighted by Crippen LogP contribution is 2.26. The van der Waals surface area contributed by atoms with E-state index in [0.29, 0.717) is 31.4 Å². The summed E-state index contributed by atoms with van der Waals surface area (Å²) in [5, 5.41) is 2.98. The maximum atomic E-state index is 12.8. The maximum Gasteiger partial charge on any atom is 0.243 e. The summed E-state index contributed by atoms with van der Waals surface area (Å²) in [5.41, 5.74) is 0. The monoisotopic (exact) mass is 352 g/mol.